The summed E-state index contributed by atoms with van der Waals surface area (Å²) < 4.78 is 27.3. The van der Waals surface area contributed by atoms with Gasteiger partial charge in [0.25, 0.3) is 5.91 Å². The summed E-state index contributed by atoms with van der Waals surface area (Å²) in [4.78, 5) is 42.3. The van der Waals surface area contributed by atoms with Crippen LogP contribution in [0.3, 0.4) is 0 Å². The molecule has 216 valence electrons. The molecule has 0 spiro atoms. The van der Waals surface area contributed by atoms with Crippen LogP contribution >= 0.6 is 0 Å². The Morgan fingerprint density at radius 1 is 0.878 bits per heavy atom. The van der Waals surface area contributed by atoms with Crippen LogP contribution < -0.4 is 20.9 Å². The number of amides is 4. The summed E-state index contributed by atoms with van der Waals surface area (Å²) in [6.45, 7) is 5.97. The van der Waals surface area contributed by atoms with Gasteiger partial charge in [0.2, 0.25) is 5.91 Å². The van der Waals surface area contributed by atoms with E-state index in [9.17, 15) is 23.2 Å². The summed E-state index contributed by atoms with van der Waals surface area (Å²) in [5.74, 6) is -1.16. The molecule has 8 nitrogen and oxygen atoms in total. The second kappa shape index (κ2) is 13.7. The van der Waals surface area contributed by atoms with E-state index in [2.05, 4.69) is 16.0 Å². The second-order valence-electron chi connectivity index (χ2n) is 10.4. The lowest BCUT2D eigenvalue weighted by Gasteiger charge is -2.26. The van der Waals surface area contributed by atoms with Crippen molar-refractivity contribution >= 4 is 34.9 Å². The normalized spacial score (nSPS) is 13.5. The van der Waals surface area contributed by atoms with Crippen LogP contribution in [0.1, 0.15) is 42.6 Å². The summed E-state index contributed by atoms with van der Waals surface area (Å²) >= 11 is 0. The minimum absolute atomic E-state index is 0.119. The van der Waals surface area contributed by atoms with Crippen LogP contribution in [-0.2, 0) is 11.3 Å². The van der Waals surface area contributed by atoms with Crippen LogP contribution in [0, 0.1) is 17.6 Å². The predicted octanol–water partition coefficient (Wildman–Crippen LogP) is 5.62. The molecule has 0 unspecified atom stereocenters. The van der Waals surface area contributed by atoms with Crippen molar-refractivity contribution in [3.8, 4) is 0 Å². The Morgan fingerprint density at radius 2 is 1.63 bits per heavy atom. The van der Waals surface area contributed by atoms with Gasteiger partial charge in [-0.1, -0.05) is 38.1 Å². The third-order valence-corrected chi connectivity index (χ3v) is 6.72. The third-order valence-electron chi connectivity index (χ3n) is 6.72. The van der Waals surface area contributed by atoms with Gasteiger partial charge in [0.05, 0.1) is 11.3 Å². The van der Waals surface area contributed by atoms with Gasteiger partial charge in [-0.15, -0.1) is 0 Å². The van der Waals surface area contributed by atoms with Gasteiger partial charge in [-0.2, -0.15) is 0 Å². The number of anilines is 3. The second-order valence-corrected chi connectivity index (χ2v) is 10.4. The van der Waals surface area contributed by atoms with E-state index < -0.39 is 11.8 Å². The van der Waals surface area contributed by atoms with E-state index in [0.717, 1.165) is 5.56 Å². The average molecular weight is 564 g/mol. The largest absolute Gasteiger partial charge is 0.369 e. The molecular formula is C31H35F2N5O3. The highest BCUT2D eigenvalue weighted by Crippen LogP contribution is 2.27. The van der Waals surface area contributed by atoms with Crippen molar-refractivity contribution in [3.05, 3.63) is 89.5 Å². The Balaban J connectivity index is 1.50. The van der Waals surface area contributed by atoms with Gasteiger partial charge >= 0.3 is 6.03 Å². The first-order chi connectivity index (χ1) is 19.7. The van der Waals surface area contributed by atoms with Gasteiger partial charge in [-0.3, -0.25) is 9.59 Å². The Labute approximate surface area is 238 Å². The van der Waals surface area contributed by atoms with E-state index >= 15 is 0 Å². The van der Waals surface area contributed by atoms with E-state index in [1.165, 1.54) is 24.3 Å². The molecular weight excluding hydrogens is 528 g/mol. The molecule has 10 heteroatoms. The number of carbonyl (C=O) groups excluding carboxylic acids is 3. The smallest absolute Gasteiger partial charge is 0.321 e. The van der Waals surface area contributed by atoms with Crippen LogP contribution in [0.15, 0.2) is 66.7 Å². The van der Waals surface area contributed by atoms with Crippen LogP contribution in [0.5, 0.6) is 0 Å². The lowest BCUT2D eigenvalue weighted by Crippen LogP contribution is -2.38. The van der Waals surface area contributed by atoms with Crippen molar-refractivity contribution in [3.63, 3.8) is 0 Å². The topological polar surface area (TPSA) is 93.8 Å². The number of urea groups is 1. The van der Waals surface area contributed by atoms with Crippen LogP contribution in [0.4, 0.5) is 30.6 Å². The number of rotatable bonds is 8. The summed E-state index contributed by atoms with van der Waals surface area (Å²) in [6, 6.07) is 16.7. The molecule has 0 aromatic heterocycles. The SMILES string of the molecule is CC(C)CC(=O)Nc1ccc(N2CCCN(C(=O)Nc3ccccc3F)CC2)c(C(=O)NCc2ccc(F)cc2)c1. The first-order valence-electron chi connectivity index (χ1n) is 13.7. The highest BCUT2D eigenvalue weighted by atomic mass is 19.1. The standard InChI is InChI=1S/C31H35F2N5O3/c1-21(2)18-29(39)35-24-12-13-28(25(19-24)30(40)34-20-22-8-10-23(32)11-9-22)37-14-5-15-38(17-16-37)31(41)36-27-7-4-3-6-26(27)33/h3-4,6-13,19,21H,5,14-18,20H2,1-2H3,(H,34,40)(H,35,39)(H,36,41). The minimum Gasteiger partial charge on any atom is -0.369 e. The Morgan fingerprint density at radius 3 is 2.37 bits per heavy atom. The van der Waals surface area contributed by atoms with Crippen molar-refractivity contribution in [2.24, 2.45) is 5.92 Å². The molecule has 3 aromatic rings. The van der Waals surface area contributed by atoms with Gasteiger partial charge in [0.15, 0.2) is 0 Å². The zero-order chi connectivity index (χ0) is 29.4. The van der Waals surface area contributed by atoms with Crippen molar-refractivity contribution in [2.75, 3.05) is 41.7 Å². The van der Waals surface area contributed by atoms with Crippen molar-refractivity contribution in [1.29, 1.82) is 0 Å². The molecule has 3 aromatic carbocycles. The van der Waals surface area contributed by atoms with E-state index in [4.69, 9.17) is 0 Å². The van der Waals surface area contributed by atoms with Crippen LogP contribution in [0.25, 0.3) is 0 Å². The number of hydrogen-bond acceptors (Lipinski definition) is 4. The molecule has 41 heavy (non-hydrogen) atoms. The van der Waals surface area contributed by atoms with E-state index in [0.29, 0.717) is 56.0 Å². The Hall–Kier alpha value is -4.47. The third kappa shape index (κ3) is 8.26. The molecule has 1 aliphatic heterocycles. The number of para-hydroxylation sites is 1. The fourth-order valence-electron chi connectivity index (χ4n) is 4.65. The first kappa shape index (κ1) is 29.5. The fraction of sp³-hybridized carbons (Fsp3) is 0.323. The Kier molecular flexibility index (Phi) is 9.89. The van der Waals surface area contributed by atoms with Gasteiger partial charge in [0.1, 0.15) is 11.6 Å². The maximum Gasteiger partial charge on any atom is 0.321 e. The highest BCUT2D eigenvalue weighted by molar-refractivity contribution is 6.02. The number of nitrogens with one attached hydrogen (secondary N) is 3. The molecule has 0 aliphatic carbocycles. The van der Waals surface area contributed by atoms with Gasteiger partial charge in [0, 0.05) is 50.5 Å². The van der Waals surface area contributed by atoms with Crippen molar-refractivity contribution in [2.45, 2.75) is 33.2 Å². The van der Waals surface area contributed by atoms with Gasteiger partial charge < -0.3 is 25.8 Å². The molecule has 1 heterocycles. The fourth-order valence-corrected chi connectivity index (χ4v) is 4.65. The van der Waals surface area contributed by atoms with E-state index in [-0.39, 0.29) is 35.8 Å². The van der Waals surface area contributed by atoms with E-state index in [1.54, 1.807) is 47.4 Å². The maximum absolute atomic E-state index is 14.0. The molecule has 0 radical (unpaired) electrons. The monoisotopic (exact) mass is 563 g/mol. The lowest BCUT2D eigenvalue weighted by molar-refractivity contribution is -0.116. The Bertz CT molecular complexity index is 1380. The predicted molar refractivity (Wildman–Crippen MR) is 156 cm³/mol. The van der Waals surface area contributed by atoms with E-state index in [1.807, 2.05) is 18.7 Å². The van der Waals surface area contributed by atoms with Gasteiger partial charge in [-0.25, -0.2) is 13.6 Å². The quantitative estimate of drug-likeness (QED) is 0.332. The number of benzene rings is 3. The highest BCUT2D eigenvalue weighted by Gasteiger charge is 2.24. The molecule has 1 saturated heterocycles. The van der Waals surface area contributed by atoms with Crippen molar-refractivity contribution in [1.82, 2.24) is 10.2 Å². The zero-order valence-electron chi connectivity index (χ0n) is 23.3. The molecule has 0 bridgehead atoms. The first-order valence-corrected chi connectivity index (χ1v) is 13.7. The molecule has 4 amide bonds. The molecule has 0 saturated carbocycles. The number of nitrogens with zero attached hydrogens (tertiary/aromatic N) is 2. The molecule has 1 fully saturated rings. The van der Waals surface area contributed by atoms with Crippen LogP contribution in [0.2, 0.25) is 0 Å². The zero-order valence-corrected chi connectivity index (χ0v) is 23.3. The van der Waals surface area contributed by atoms with Crippen molar-refractivity contribution < 1.29 is 23.2 Å². The molecule has 3 N–H and O–H groups in total. The number of hydrogen-bond donors (Lipinski definition) is 3. The maximum atomic E-state index is 14.0. The van der Waals surface area contributed by atoms with Gasteiger partial charge in [-0.05, 0) is 60.4 Å². The summed E-state index contributed by atoms with van der Waals surface area (Å²) in [5.41, 5.74) is 2.41. The summed E-state index contributed by atoms with van der Waals surface area (Å²) in [5, 5.41) is 8.39. The number of halogens is 2. The minimum atomic E-state index is -0.505. The van der Waals surface area contributed by atoms with Crippen LogP contribution in [-0.4, -0.2) is 48.9 Å². The molecule has 0 atom stereocenters. The average Bonchev–Trinajstić information content (AvgIpc) is 3.20. The summed E-state index contributed by atoms with van der Waals surface area (Å²) in [6.07, 6.45) is 0.985. The summed E-state index contributed by atoms with van der Waals surface area (Å²) in [7, 11) is 0. The lowest BCUT2D eigenvalue weighted by atomic mass is 10.1. The molecule has 4 rings (SSSR count). The molecule has 1 aliphatic rings. The number of carbonyl (C=O) groups is 3.